The molecular formula is C22H24N2O5S. The smallest absolute Gasteiger partial charge is 0.407 e. The summed E-state index contributed by atoms with van der Waals surface area (Å²) >= 11 is 1.53. The van der Waals surface area contributed by atoms with Crippen molar-refractivity contribution in [2.24, 2.45) is 0 Å². The second-order valence-electron chi connectivity index (χ2n) is 6.92. The zero-order valence-electron chi connectivity index (χ0n) is 16.6. The number of carboxylic acids is 1. The quantitative estimate of drug-likeness (QED) is 0.567. The number of ether oxygens (including phenoxy) is 1. The molecule has 0 bridgehead atoms. The third kappa shape index (κ3) is 5.13. The van der Waals surface area contributed by atoms with Gasteiger partial charge in [0.05, 0.1) is 0 Å². The number of nitrogens with one attached hydrogen (secondary N) is 2. The fraction of sp³-hybridized carbons (Fsp3) is 0.318. The molecule has 1 aliphatic carbocycles. The van der Waals surface area contributed by atoms with E-state index in [1.807, 2.05) is 42.7 Å². The van der Waals surface area contributed by atoms with Crippen LogP contribution in [-0.2, 0) is 14.3 Å². The average molecular weight is 429 g/mol. The highest BCUT2D eigenvalue weighted by Gasteiger charge is 2.29. The molecule has 0 spiro atoms. The van der Waals surface area contributed by atoms with Gasteiger partial charge < -0.3 is 20.5 Å². The molecule has 0 saturated heterocycles. The third-order valence-electron chi connectivity index (χ3n) is 4.98. The van der Waals surface area contributed by atoms with Gasteiger partial charge in [-0.15, -0.1) is 0 Å². The Balaban J connectivity index is 1.64. The Morgan fingerprint density at radius 2 is 1.67 bits per heavy atom. The number of carboxylic acid groups (broad SMARTS) is 1. The van der Waals surface area contributed by atoms with Crippen molar-refractivity contribution < 1.29 is 24.2 Å². The summed E-state index contributed by atoms with van der Waals surface area (Å²) in [5.41, 5.74) is 4.47. The van der Waals surface area contributed by atoms with E-state index in [1.54, 1.807) is 0 Å². The average Bonchev–Trinajstić information content (AvgIpc) is 3.07. The van der Waals surface area contributed by atoms with Gasteiger partial charge in [0, 0.05) is 5.92 Å². The number of rotatable bonds is 9. The molecule has 0 unspecified atom stereocenters. The number of alkyl carbamates (subject to hydrolysis) is 1. The van der Waals surface area contributed by atoms with Gasteiger partial charge in [-0.1, -0.05) is 48.5 Å². The Labute approximate surface area is 179 Å². The highest BCUT2D eigenvalue weighted by molar-refractivity contribution is 7.98. The van der Waals surface area contributed by atoms with Crippen LogP contribution in [0, 0.1) is 0 Å². The van der Waals surface area contributed by atoms with Crippen LogP contribution in [0.3, 0.4) is 0 Å². The molecule has 0 aliphatic heterocycles. The molecule has 3 rings (SSSR count). The van der Waals surface area contributed by atoms with Crippen LogP contribution in [0.15, 0.2) is 48.5 Å². The topological polar surface area (TPSA) is 105 Å². The van der Waals surface area contributed by atoms with Crippen molar-refractivity contribution in [3.8, 4) is 11.1 Å². The van der Waals surface area contributed by atoms with Crippen LogP contribution in [0.25, 0.3) is 11.1 Å². The Kier molecular flexibility index (Phi) is 7.35. The van der Waals surface area contributed by atoms with Gasteiger partial charge in [0.1, 0.15) is 19.2 Å². The maximum Gasteiger partial charge on any atom is 0.407 e. The number of aliphatic carboxylic acids is 1. The van der Waals surface area contributed by atoms with Gasteiger partial charge in [-0.2, -0.15) is 11.8 Å². The number of benzene rings is 2. The fourth-order valence-corrected chi connectivity index (χ4v) is 4.04. The van der Waals surface area contributed by atoms with Crippen LogP contribution in [-0.4, -0.2) is 54.3 Å². The summed E-state index contributed by atoms with van der Waals surface area (Å²) in [5.74, 6) is -1.13. The first kappa shape index (κ1) is 21.7. The summed E-state index contributed by atoms with van der Waals surface area (Å²) in [5, 5.41) is 13.6. The van der Waals surface area contributed by atoms with Gasteiger partial charge in [-0.05, 0) is 40.7 Å². The van der Waals surface area contributed by atoms with Crippen molar-refractivity contribution in [1.82, 2.24) is 10.6 Å². The monoisotopic (exact) mass is 428 g/mol. The number of fused-ring (bicyclic) bond motifs is 3. The lowest BCUT2D eigenvalue weighted by Crippen LogP contribution is -2.48. The molecule has 2 aromatic rings. The zero-order chi connectivity index (χ0) is 21.5. The van der Waals surface area contributed by atoms with E-state index in [1.165, 1.54) is 11.8 Å². The Morgan fingerprint density at radius 1 is 1.07 bits per heavy atom. The molecule has 0 aromatic heterocycles. The van der Waals surface area contributed by atoms with Gasteiger partial charge in [0.15, 0.2) is 0 Å². The first-order valence-corrected chi connectivity index (χ1v) is 11.0. The molecule has 0 radical (unpaired) electrons. The van der Waals surface area contributed by atoms with Gasteiger partial charge in [0.2, 0.25) is 5.91 Å². The third-order valence-corrected chi connectivity index (χ3v) is 5.62. The lowest BCUT2D eigenvalue weighted by molar-refractivity contribution is -0.138. The molecule has 1 aliphatic rings. The summed E-state index contributed by atoms with van der Waals surface area (Å²) in [4.78, 5) is 35.3. The van der Waals surface area contributed by atoms with Crippen LogP contribution in [0.2, 0.25) is 0 Å². The van der Waals surface area contributed by atoms with E-state index < -0.39 is 30.6 Å². The van der Waals surface area contributed by atoms with Crippen molar-refractivity contribution in [3.05, 3.63) is 59.7 Å². The van der Waals surface area contributed by atoms with E-state index in [0.29, 0.717) is 12.2 Å². The minimum absolute atomic E-state index is 0.0753. The summed E-state index contributed by atoms with van der Waals surface area (Å²) in [6.07, 6.45) is 1.56. The predicted octanol–water partition coefficient (Wildman–Crippen LogP) is 2.85. The molecule has 3 N–H and O–H groups in total. The van der Waals surface area contributed by atoms with Crippen molar-refractivity contribution in [1.29, 1.82) is 0 Å². The van der Waals surface area contributed by atoms with Crippen LogP contribution >= 0.6 is 11.8 Å². The minimum atomic E-state index is -1.15. The number of hydrogen-bond acceptors (Lipinski definition) is 5. The maximum atomic E-state index is 12.4. The molecular weight excluding hydrogens is 404 g/mol. The number of thioether (sulfide) groups is 1. The molecule has 0 saturated carbocycles. The minimum Gasteiger partial charge on any atom is -0.480 e. The number of carbonyl (C=O) groups excluding carboxylic acids is 2. The number of amides is 2. The molecule has 2 aromatic carbocycles. The molecule has 1 atom stereocenters. The van der Waals surface area contributed by atoms with Crippen LogP contribution in [0.5, 0.6) is 0 Å². The largest absolute Gasteiger partial charge is 0.480 e. The van der Waals surface area contributed by atoms with Crippen molar-refractivity contribution in [3.63, 3.8) is 0 Å². The lowest BCUT2D eigenvalue weighted by atomic mass is 9.98. The SMILES string of the molecule is CSCC[C@@H](NC(=O)OCC1c2ccccc2-c2ccccc21)C(=O)NCC(=O)O. The number of hydrogen-bond donors (Lipinski definition) is 3. The standard InChI is InChI=1S/C22H24N2O5S/c1-30-11-10-19(21(27)23-12-20(25)26)24-22(28)29-13-18-16-8-4-2-6-14(16)15-7-3-5-9-17(15)18/h2-9,18-19H,10-13H2,1H3,(H,23,27)(H,24,28)(H,25,26)/t19-/m1/s1. The molecule has 158 valence electrons. The summed E-state index contributed by atoms with van der Waals surface area (Å²) in [6, 6.07) is 15.2. The van der Waals surface area contributed by atoms with Crippen molar-refractivity contribution >= 4 is 29.7 Å². The van der Waals surface area contributed by atoms with Crippen LogP contribution in [0.1, 0.15) is 23.5 Å². The molecule has 8 heteroatoms. The van der Waals surface area contributed by atoms with E-state index in [0.717, 1.165) is 22.3 Å². The van der Waals surface area contributed by atoms with Crippen molar-refractivity contribution in [2.45, 2.75) is 18.4 Å². The number of carbonyl (C=O) groups is 3. The second kappa shape index (κ2) is 10.2. The van der Waals surface area contributed by atoms with Crippen molar-refractivity contribution in [2.75, 3.05) is 25.2 Å². The van der Waals surface area contributed by atoms with Gasteiger partial charge in [0.25, 0.3) is 0 Å². The summed E-state index contributed by atoms with van der Waals surface area (Å²) < 4.78 is 5.47. The van der Waals surface area contributed by atoms with Gasteiger partial charge in [-0.25, -0.2) is 4.79 Å². The molecule has 30 heavy (non-hydrogen) atoms. The van der Waals surface area contributed by atoms with E-state index >= 15 is 0 Å². The van der Waals surface area contributed by atoms with Gasteiger partial charge in [-0.3, -0.25) is 9.59 Å². The van der Waals surface area contributed by atoms with Crippen LogP contribution in [0.4, 0.5) is 4.79 Å². The first-order chi connectivity index (χ1) is 14.5. The maximum absolute atomic E-state index is 12.4. The van der Waals surface area contributed by atoms with Gasteiger partial charge >= 0.3 is 12.1 Å². The second-order valence-corrected chi connectivity index (χ2v) is 7.90. The summed E-state index contributed by atoms with van der Waals surface area (Å²) in [7, 11) is 0. The Morgan fingerprint density at radius 3 is 2.23 bits per heavy atom. The molecule has 0 heterocycles. The molecule has 7 nitrogen and oxygen atoms in total. The first-order valence-electron chi connectivity index (χ1n) is 9.61. The van der Waals surface area contributed by atoms with E-state index in [2.05, 4.69) is 22.8 Å². The molecule has 0 fully saturated rings. The van der Waals surface area contributed by atoms with E-state index in [4.69, 9.17) is 9.84 Å². The highest BCUT2D eigenvalue weighted by Crippen LogP contribution is 2.44. The normalized spacial score (nSPS) is 13.1. The zero-order valence-corrected chi connectivity index (χ0v) is 17.4. The predicted molar refractivity (Wildman–Crippen MR) is 116 cm³/mol. The Hall–Kier alpha value is -3.00. The van der Waals surface area contributed by atoms with E-state index in [-0.39, 0.29) is 12.5 Å². The lowest BCUT2D eigenvalue weighted by Gasteiger charge is -2.19. The van der Waals surface area contributed by atoms with E-state index in [9.17, 15) is 14.4 Å². The Bertz CT molecular complexity index is 888. The van der Waals surface area contributed by atoms with Crippen LogP contribution < -0.4 is 10.6 Å². The summed E-state index contributed by atoms with van der Waals surface area (Å²) in [6.45, 7) is -0.354. The fourth-order valence-electron chi connectivity index (χ4n) is 3.57. The highest BCUT2D eigenvalue weighted by atomic mass is 32.2. The molecule has 2 amide bonds.